The highest BCUT2D eigenvalue weighted by Gasteiger charge is 2.16. The van der Waals surface area contributed by atoms with E-state index in [2.05, 4.69) is 184 Å². The van der Waals surface area contributed by atoms with Gasteiger partial charge >= 0.3 is 0 Å². The SMILES string of the molecule is [C-]#[N+]c1ccc2c(c1)c1cc(-c3ccc4c(c3)c3ccccc3n4-c3ccc(-c4cccc(-c5ccccc5)c4)cc3)ccc1n2-c1ccccc1. The fourth-order valence-corrected chi connectivity index (χ4v) is 7.86. The normalized spacial score (nSPS) is 11.4. The van der Waals surface area contributed by atoms with Gasteiger partial charge in [0.2, 0.25) is 0 Å². The Labute approximate surface area is 301 Å². The summed E-state index contributed by atoms with van der Waals surface area (Å²) in [6.07, 6.45) is 0. The van der Waals surface area contributed by atoms with Crippen LogP contribution in [-0.2, 0) is 0 Å². The van der Waals surface area contributed by atoms with Crippen molar-refractivity contribution in [2.24, 2.45) is 0 Å². The summed E-state index contributed by atoms with van der Waals surface area (Å²) >= 11 is 0. The number of para-hydroxylation sites is 2. The Morgan fingerprint density at radius 3 is 1.40 bits per heavy atom. The molecule has 8 aromatic carbocycles. The maximum atomic E-state index is 7.68. The van der Waals surface area contributed by atoms with Gasteiger partial charge in [-0.25, -0.2) is 4.85 Å². The van der Waals surface area contributed by atoms with Crippen molar-refractivity contribution in [1.82, 2.24) is 9.13 Å². The van der Waals surface area contributed by atoms with Crippen LogP contribution in [-0.4, -0.2) is 9.13 Å². The van der Waals surface area contributed by atoms with Gasteiger partial charge < -0.3 is 9.13 Å². The number of hydrogen-bond acceptors (Lipinski definition) is 0. The van der Waals surface area contributed by atoms with Gasteiger partial charge in [0.05, 0.1) is 28.6 Å². The van der Waals surface area contributed by atoms with E-state index in [4.69, 9.17) is 6.57 Å². The van der Waals surface area contributed by atoms with E-state index >= 15 is 0 Å². The van der Waals surface area contributed by atoms with Gasteiger partial charge in [-0.2, -0.15) is 0 Å². The van der Waals surface area contributed by atoms with E-state index in [1.165, 1.54) is 44.1 Å². The molecular weight excluding hydrogens is 631 g/mol. The van der Waals surface area contributed by atoms with E-state index < -0.39 is 0 Å². The molecule has 52 heavy (non-hydrogen) atoms. The van der Waals surface area contributed by atoms with E-state index in [0.717, 1.165) is 44.3 Å². The highest BCUT2D eigenvalue weighted by molar-refractivity contribution is 6.13. The zero-order valence-electron chi connectivity index (χ0n) is 28.2. The second-order valence-corrected chi connectivity index (χ2v) is 13.3. The van der Waals surface area contributed by atoms with Crippen LogP contribution in [0.15, 0.2) is 188 Å². The molecule has 0 saturated heterocycles. The van der Waals surface area contributed by atoms with Gasteiger partial charge in [0.25, 0.3) is 0 Å². The monoisotopic (exact) mass is 661 g/mol. The van der Waals surface area contributed by atoms with Gasteiger partial charge in [-0.05, 0) is 112 Å². The molecule has 0 N–H and O–H groups in total. The van der Waals surface area contributed by atoms with Gasteiger partial charge in [0.1, 0.15) is 0 Å². The number of aromatic nitrogens is 2. The lowest BCUT2D eigenvalue weighted by Gasteiger charge is -2.11. The Morgan fingerprint density at radius 2 is 0.750 bits per heavy atom. The van der Waals surface area contributed by atoms with Crippen LogP contribution in [0.3, 0.4) is 0 Å². The van der Waals surface area contributed by atoms with E-state index in [1.807, 2.05) is 18.2 Å². The van der Waals surface area contributed by atoms with Gasteiger partial charge in [-0.3, -0.25) is 0 Å². The van der Waals surface area contributed by atoms with Crippen molar-refractivity contribution in [2.75, 3.05) is 0 Å². The summed E-state index contributed by atoms with van der Waals surface area (Å²) in [6, 6.07) is 67.0. The van der Waals surface area contributed by atoms with Gasteiger partial charge in [0.15, 0.2) is 5.69 Å². The third kappa shape index (κ3) is 4.81. The Balaban J connectivity index is 1.08. The Morgan fingerprint density at radius 1 is 0.308 bits per heavy atom. The predicted molar refractivity (Wildman–Crippen MR) is 218 cm³/mol. The molecule has 0 bridgehead atoms. The fraction of sp³-hybridized carbons (Fsp3) is 0. The van der Waals surface area contributed by atoms with Crippen LogP contribution in [0.2, 0.25) is 0 Å². The minimum Gasteiger partial charge on any atom is -0.309 e. The number of fused-ring (bicyclic) bond motifs is 6. The molecule has 2 aromatic heterocycles. The van der Waals surface area contributed by atoms with E-state index in [-0.39, 0.29) is 0 Å². The zero-order valence-corrected chi connectivity index (χ0v) is 28.2. The van der Waals surface area contributed by atoms with Crippen LogP contribution in [0.1, 0.15) is 0 Å². The molecule has 0 aliphatic carbocycles. The molecule has 10 aromatic rings. The molecule has 2 heterocycles. The first kappa shape index (κ1) is 29.7. The highest BCUT2D eigenvalue weighted by atomic mass is 15.0. The topological polar surface area (TPSA) is 14.2 Å². The first-order valence-corrected chi connectivity index (χ1v) is 17.5. The van der Waals surface area contributed by atoms with E-state index in [0.29, 0.717) is 5.69 Å². The Hall–Kier alpha value is -7.15. The molecule has 0 spiro atoms. The molecule has 0 unspecified atom stereocenters. The fourth-order valence-electron chi connectivity index (χ4n) is 7.86. The number of nitrogens with zero attached hydrogens (tertiary/aromatic N) is 3. The molecule has 0 aliphatic heterocycles. The molecule has 0 radical (unpaired) electrons. The maximum absolute atomic E-state index is 7.68. The summed E-state index contributed by atoms with van der Waals surface area (Å²) in [5, 5.41) is 4.66. The number of rotatable bonds is 5. The molecule has 0 atom stereocenters. The van der Waals surface area contributed by atoms with Gasteiger partial charge in [-0.15, -0.1) is 0 Å². The largest absolute Gasteiger partial charge is 0.309 e. The average molecular weight is 662 g/mol. The van der Waals surface area contributed by atoms with Crippen molar-refractivity contribution in [2.45, 2.75) is 0 Å². The molecule has 0 fully saturated rings. The first-order chi connectivity index (χ1) is 25.7. The van der Waals surface area contributed by atoms with Crippen molar-refractivity contribution in [3.05, 3.63) is 199 Å². The van der Waals surface area contributed by atoms with Crippen LogP contribution in [0.5, 0.6) is 0 Å². The van der Waals surface area contributed by atoms with Crippen LogP contribution in [0, 0.1) is 6.57 Å². The quantitative estimate of drug-likeness (QED) is 0.163. The molecule has 3 heteroatoms. The van der Waals surface area contributed by atoms with Crippen LogP contribution in [0.25, 0.3) is 93.2 Å². The van der Waals surface area contributed by atoms with Crippen molar-refractivity contribution in [3.8, 4) is 44.8 Å². The summed E-state index contributed by atoms with van der Waals surface area (Å²) in [4.78, 5) is 3.75. The molecular formula is C49H31N3. The average Bonchev–Trinajstić information content (AvgIpc) is 3.73. The van der Waals surface area contributed by atoms with Crippen molar-refractivity contribution in [1.29, 1.82) is 0 Å². The lowest BCUT2D eigenvalue weighted by Crippen LogP contribution is -1.94. The minimum atomic E-state index is 0.646. The molecule has 0 aliphatic rings. The second kappa shape index (κ2) is 12.0. The Bertz CT molecular complexity index is 3000. The number of benzene rings is 8. The van der Waals surface area contributed by atoms with Crippen molar-refractivity contribution >= 4 is 49.3 Å². The number of hydrogen-bond donors (Lipinski definition) is 0. The summed E-state index contributed by atoms with van der Waals surface area (Å²) < 4.78 is 4.67. The molecule has 0 amide bonds. The maximum Gasteiger partial charge on any atom is 0.188 e. The molecule has 10 rings (SSSR count). The summed E-state index contributed by atoms with van der Waals surface area (Å²) in [5.41, 5.74) is 14.6. The van der Waals surface area contributed by atoms with Gasteiger partial charge in [-0.1, -0.05) is 115 Å². The van der Waals surface area contributed by atoms with Crippen LogP contribution in [0.4, 0.5) is 5.69 Å². The van der Waals surface area contributed by atoms with Crippen molar-refractivity contribution in [3.63, 3.8) is 0 Å². The lowest BCUT2D eigenvalue weighted by molar-refractivity contribution is 1.18. The minimum absolute atomic E-state index is 0.646. The first-order valence-electron chi connectivity index (χ1n) is 17.5. The smallest absolute Gasteiger partial charge is 0.188 e. The molecule has 3 nitrogen and oxygen atoms in total. The summed E-state index contributed by atoms with van der Waals surface area (Å²) in [7, 11) is 0. The third-order valence-electron chi connectivity index (χ3n) is 10.3. The van der Waals surface area contributed by atoms with Crippen LogP contribution >= 0.6 is 0 Å². The zero-order chi connectivity index (χ0) is 34.6. The lowest BCUT2D eigenvalue weighted by atomic mass is 9.99. The van der Waals surface area contributed by atoms with Crippen molar-refractivity contribution < 1.29 is 0 Å². The predicted octanol–water partition coefficient (Wildman–Crippen LogP) is 13.4. The Kier molecular flexibility index (Phi) is 6.87. The third-order valence-corrected chi connectivity index (χ3v) is 10.3. The van der Waals surface area contributed by atoms with Crippen LogP contribution < -0.4 is 0 Å². The molecule has 242 valence electrons. The summed E-state index contributed by atoms with van der Waals surface area (Å²) in [5.74, 6) is 0. The summed E-state index contributed by atoms with van der Waals surface area (Å²) in [6.45, 7) is 7.68. The second-order valence-electron chi connectivity index (χ2n) is 13.3. The van der Waals surface area contributed by atoms with Gasteiger partial charge in [0, 0.05) is 27.5 Å². The standard InChI is InChI=1S/C49H31N3/c1-50-39-23-28-49-45(32-39)44-31-38(22-27-48(44)51(49)40-15-6-3-7-16-40)37-21-26-47-43(30-37)42-17-8-9-18-46(42)52(47)41-24-19-34(20-25-41)36-14-10-13-35(29-36)33-11-4-2-5-12-33/h2-32H. The highest BCUT2D eigenvalue weighted by Crippen LogP contribution is 2.39. The van der Waals surface area contributed by atoms with E-state index in [9.17, 15) is 0 Å². The molecule has 0 saturated carbocycles. The van der Waals surface area contributed by atoms with E-state index in [1.54, 1.807) is 0 Å².